The Kier molecular flexibility index (Phi) is 6.45. The molecule has 0 N–H and O–H groups in total. The summed E-state index contributed by atoms with van der Waals surface area (Å²) in [4.78, 5) is 0. The Morgan fingerprint density at radius 1 is 1.08 bits per heavy atom. The second-order valence-corrected chi connectivity index (χ2v) is 3.82. The molecule has 0 heterocycles. The fraction of sp³-hybridized carbons (Fsp3) is 1.00. The molecule has 0 saturated heterocycles. The van der Waals surface area contributed by atoms with E-state index < -0.39 is 0 Å². The molecule has 0 aliphatic rings. The molecule has 0 bridgehead atoms. The van der Waals surface area contributed by atoms with Gasteiger partial charge in [-0.15, -0.1) is 0 Å². The van der Waals surface area contributed by atoms with Crippen LogP contribution in [0, 0.1) is 5.41 Å². The first-order valence-electron chi connectivity index (χ1n) is 5.26. The minimum absolute atomic E-state index is 0.553. The molecule has 0 radical (unpaired) electrons. The van der Waals surface area contributed by atoms with E-state index in [-0.39, 0.29) is 0 Å². The van der Waals surface area contributed by atoms with Gasteiger partial charge >= 0.3 is 0 Å². The van der Waals surface area contributed by atoms with Crippen molar-refractivity contribution < 1.29 is 4.74 Å². The first-order valence-corrected chi connectivity index (χ1v) is 5.26. The van der Waals surface area contributed by atoms with Crippen molar-refractivity contribution in [3.8, 4) is 0 Å². The summed E-state index contributed by atoms with van der Waals surface area (Å²) in [5, 5.41) is 0. The highest BCUT2D eigenvalue weighted by Crippen LogP contribution is 2.30. The van der Waals surface area contributed by atoms with Crippen molar-refractivity contribution in [1.82, 2.24) is 0 Å². The molecule has 0 fully saturated rings. The van der Waals surface area contributed by atoms with E-state index in [1.165, 1.54) is 25.7 Å². The van der Waals surface area contributed by atoms with Gasteiger partial charge in [-0.05, 0) is 25.2 Å². The molecule has 1 heteroatoms. The number of rotatable bonds is 7. The zero-order chi connectivity index (χ0) is 9.45. The first-order chi connectivity index (χ1) is 5.68. The molecule has 0 amide bonds. The number of hydrogen-bond donors (Lipinski definition) is 0. The molecule has 0 aliphatic heterocycles. The van der Waals surface area contributed by atoms with Crippen LogP contribution in [-0.4, -0.2) is 13.2 Å². The Labute approximate surface area is 77.5 Å². The molecule has 0 aromatic carbocycles. The van der Waals surface area contributed by atoms with Crippen molar-refractivity contribution in [3.63, 3.8) is 0 Å². The van der Waals surface area contributed by atoms with Crippen molar-refractivity contribution in [2.24, 2.45) is 5.41 Å². The quantitative estimate of drug-likeness (QED) is 0.533. The van der Waals surface area contributed by atoms with Crippen molar-refractivity contribution >= 4 is 0 Å². The maximum Gasteiger partial charge on any atom is 0.0466 e. The zero-order valence-electron chi connectivity index (χ0n) is 9.15. The highest BCUT2D eigenvalue weighted by atomic mass is 16.5. The van der Waals surface area contributed by atoms with E-state index in [0.717, 1.165) is 13.2 Å². The Morgan fingerprint density at radius 3 is 2.08 bits per heavy atom. The van der Waals surface area contributed by atoms with E-state index in [2.05, 4.69) is 27.7 Å². The summed E-state index contributed by atoms with van der Waals surface area (Å²) in [6, 6.07) is 0. The second kappa shape index (κ2) is 6.47. The lowest BCUT2D eigenvalue weighted by atomic mass is 9.80. The van der Waals surface area contributed by atoms with Gasteiger partial charge in [-0.2, -0.15) is 0 Å². The highest BCUT2D eigenvalue weighted by Gasteiger charge is 2.18. The molecule has 12 heavy (non-hydrogen) atoms. The van der Waals surface area contributed by atoms with E-state index >= 15 is 0 Å². The number of hydrogen-bond acceptors (Lipinski definition) is 1. The smallest absolute Gasteiger partial charge is 0.0466 e. The molecule has 0 aliphatic carbocycles. The molecule has 0 saturated carbocycles. The predicted octanol–water partition coefficient (Wildman–Crippen LogP) is 3.63. The average Bonchev–Trinajstić information content (AvgIpc) is 2.12. The molecule has 0 spiro atoms. The Morgan fingerprint density at radius 2 is 1.67 bits per heavy atom. The fourth-order valence-electron chi connectivity index (χ4n) is 1.35. The summed E-state index contributed by atoms with van der Waals surface area (Å²) in [5.74, 6) is 0. The maximum atomic E-state index is 5.32. The van der Waals surface area contributed by atoms with Crippen LogP contribution in [0.2, 0.25) is 0 Å². The van der Waals surface area contributed by atoms with Crippen molar-refractivity contribution in [2.75, 3.05) is 13.2 Å². The third-order valence-corrected chi connectivity index (χ3v) is 2.98. The van der Waals surface area contributed by atoms with E-state index in [0.29, 0.717) is 5.41 Å². The minimum Gasteiger partial charge on any atom is -0.382 e. The van der Waals surface area contributed by atoms with Crippen LogP contribution in [0.5, 0.6) is 0 Å². The summed E-state index contributed by atoms with van der Waals surface area (Å²) in [6.07, 6.45) is 5.09. The van der Waals surface area contributed by atoms with Gasteiger partial charge in [-0.25, -0.2) is 0 Å². The molecule has 0 atom stereocenters. The molecule has 0 unspecified atom stereocenters. The summed E-state index contributed by atoms with van der Waals surface area (Å²) in [6.45, 7) is 10.8. The molecule has 1 nitrogen and oxygen atoms in total. The molecular formula is C11H24O. The van der Waals surface area contributed by atoms with E-state index in [1.807, 2.05) is 0 Å². The van der Waals surface area contributed by atoms with Crippen LogP contribution in [0.1, 0.15) is 53.4 Å². The van der Waals surface area contributed by atoms with Gasteiger partial charge in [0.1, 0.15) is 0 Å². The van der Waals surface area contributed by atoms with Gasteiger partial charge in [-0.3, -0.25) is 0 Å². The van der Waals surface area contributed by atoms with Gasteiger partial charge in [0, 0.05) is 13.2 Å². The van der Waals surface area contributed by atoms with Gasteiger partial charge in [0.15, 0.2) is 0 Å². The summed E-state index contributed by atoms with van der Waals surface area (Å²) in [5.41, 5.74) is 0.553. The molecular weight excluding hydrogens is 148 g/mol. The van der Waals surface area contributed by atoms with Crippen LogP contribution >= 0.6 is 0 Å². The van der Waals surface area contributed by atoms with Gasteiger partial charge in [0.25, 0.3) is 0 Å². The molecule has 0 rings (SSSR count). The highest BCUT2D eigenvalue weighted by molar-refractivity contribution is 4.70. The van der Waals surface area contributed by atoms with Gasteiger partial charge in [0.05, 0.1) is 0 Å². The normalized spacial score (nSPS) is 12.0. The summed E-state index contributed by atoms with van der Waals surface area (Å²) in [7, 11) is 0. The summed E-state index contributed by atoms with van der Waals surface area (Å²) >= 11 is 0. The maximum absolute atomic E-state index is 5.32. The van der Waals surface area contributed by atoms with Crippen molar-refractivity contribution in [2.45, 2.75) is 53.4 Å². The number of ether oxygens (including phenoxy) is 1. The first kappa shape index (κ1) is 12.0. The summed E-state index contributed by atoms with van der Waals surface area (Å²) < 4.78 is 5.32. The van der Waals surface area contributed by atoms with Crippen LogP contribution in [0.4, 0.5) is 0 Å². The van der Waals surface area contributed by atoms with Gasteiger partial charge in [0.2, 0.25) is 0 Å². The van der Waals surface area contributed by atoms with E-state index in [1.54, 1.807) is 0 Å². The van der Waals surface area contributed by atoms with Crippen molar-refractivity contribution in [1.29, 1.82) is 0 Å². The topological polar surface area (TPSA) is 9.23 Å². The zero-order valence-corrected chi connectivity index (χ0v) is 9.15. The van der Waals surface area contributed by atoms with Crippen LogP contribution in [0.3, 0.4) is 0 Å². The Balaban J connectivity index is 3.45. The van der Waals surface area contributed by atoms with Crippen LogP contribution in [0.15, 0.2) is 0 Å². The lowest BCUT2D eigenvalue weighted by Crippen LogP contribution is -2.14. The molecule has 74 valence electrons. The van der Waals surface area contributed by atoms with Crippen LogP contribution in [0.25, 0.3) is 0 Å². The predicted molar refractivity (Wildman–Crippen MR) is 54.4 cm³/mol. The minimum atomic E-state index is 0.553. The lowest BCUT2D eigenvalue weighted by Gasteiger charge is -2.26. The largest absolute Gasteiger partial charge is 0.382 e. The van der Waals surface area contributed by atoms with Crippen LogP contribution in [-0.2, 0) is 4.74 Å². The molecule has 0 aromatic heterocycles. The van der Waals surface area contributed by atoms with Gasteiger partial charge in [-0.1, -0.05) is 33.6 Å². The van der Waals surface area contributed by atoms with E-state index in [4.69, 9.17) is 4.74 Å². The van der Waals surface area contributed by atoms with Crippen LogP contribution < -0.4 is 0 Å². The Hall–Kier alpha value is -0.0400. The lowest BCUT2D eigenvalue weighted by molar-refractivity contribution is 0.128. The molecule has 0 aromatic rings. The fourth-order valence-corrected chi connectivity index (χ4v) is 1.35. The van der Waals surface area contributed by atoms with E-state index in [9.17, 15) is 0 Å². The SMILES string of the molecule is CCOCCCC(C)(CC)CC. The monoisotopic (exact) mass is 172 g/mol. The third-order valence-electron chi connectivity index (χ3n) is 2.98. The second-order valence-electron chi connectivity index (χ2n) is 3.82. The third kappa shape index (κ3) is 4.76. The van der Waals surface area contributed by atoms with Crippen molar-refractivity contribution in [3.05, 3.63) is 0 Å². The van der Waals surface area contributed by atoms with Gasteiger partial charge < -0.3 is 4.74 Å². The Bertz CT molecular complexity index is 95.2. The standard InChI is InChI=1S/C11H24O/c1-5-11(4,6-2)9-8-10-12-7-3/h5-10H2,1-4H3. The average molecular weight is 172 g/mol.